The zero-order valence-electron chi connectivity index (χ0n) is 7.14. The van der Waals surface area contributed by atoms with Gasteiger partial charge in [-0.2, -0.15) is 0 Å². The highest BCUT2D eigenvalue weighted by atomic mass is 31.1. The Balaban J connectivity index is 2.77. The lowest BCUT2D eigenvalue weighted by atomic mass is 10.2. The first kappa shape index (κ1) is 10.2. The number of allylic oxidation sites excluding steroid dienone is 1. The second kappa shape index (κ2) is 9.17. The summed E-state index contributed by atoms with van der Waals surface area (Å²) in [5.41, 5.74) is 0. The summed E-state index contributed by atoms with van der Waals surface area (Å²) in [5.74, 6) is 2.23. The third kappa shape index (κ3) is 8.17. The Kier molecular flexibility index (Phi) is 9.33. The molecule has 0 spiro atoms. The average Bonchev–Trinajstić information content (AvgIpc) is 1.97. The van der Waals surface area contributed by atoms with Crippen molar-refractivity contribution in [3.05, 3.63) is 11.9 Å². The van der Waals surface area contributed by atoms with E-state index in [1.165, 1.54) is 40.4 Å². The lowest BCUT2D eigenvalue weighted by Gasteiger charge is -1.94. The van der Waals surface area contributed by atoms with Crippen molar-refractivity contribution in [2.45, 2.75) is 39.5 Å². The van der Waals surface area contributed by atoms with Gasteiger partial charge >= 0.3 is 0 Å². The van der Waals surface area contributed by atoms with Gasteiger partial charge in [-0.3, -0.25) is 0 Å². The summed E-state index contributed by atoms with van der Waals surface area (Å²) in [6, 6.07) is 0. The van der Waals surface area contributed by atoms with Gasteiger partial charge in [0.15, 0.2) is 0 Å². The van der Waals surface area contributed by atoms with Gasteiger partial charge in [-0.05, 0) is 19.5 Å². The van der Waals surface area contributed by atoms with E-state index in [0.29, 0.717) is 0 Å². The number of hydrogen-bond donors (Lipinski definition) is 0. The highest BCUT2D eigenvalue weighted by Crippen LogP contribution is 2.14. The van der Waals surface area contributed by atoms with Gasteiger partial charge in [-0.15, -0.1) is 0 Å². The van der Waals surface area contributed by atoms with Crippen LogP contribution >= 0.6 is 8.58 Å². The molecule has 10 heavy (non-hydrogen) atoms. The molecule has 0 unspecified atom stereocenters. The number of hydrogen-bond acceptors (Lipinski definition) is 0. The summed E-state index contributed by atoms with van der Waals surface area (Å²) >= 11 is 0. The standard InChI is InChI=1S/C9H18P/c1-3-5-6-7-9-10-8-4-2/h4,8H,3,5-7,9H2,1-2H3. The third-order valence-corrected chi connectivity index (χ3v) is 2.48. The van der Waals surface area contributed by atoms with E-state index in [-0.39, 0.29) is 0 Å². The predicted molar refractivity (Wildman–Crippen MR) is 50.7 cm³/mol. The molecule has 0 fully saturated rings. The van der Waals surface area contributed by atoms with Crippen molar-refractivity contribution in [1.29, 1.82) is 0 Å². The second-order valence-corrected chi connectivity index (χ2v) is 3.56. The zero-order valence-corrected chi connectivity index (χ0v) is 8.03. The van der Waals surface area contributed by atoms with Crippen LogP contribution in [0.25, 0.3) is 0 Å². The molecule has 0 N–H and O–H groups in total. The molecular formula is C9H18P. The van der Waals surface area contributed by atoms with Crippen LogP contribution in [0.3, 0.4) is 0 Å². The lowest BCUT2D eigenvalue weighted by molar-refractivity contribution is 0.706. The van der Waals surface area contributed by atoms with Crippen LogP contribution in [-0.4, -0.2) is 6.16 Å². The van der Waals surface area contributed by atoms with Crippen molar-refractivity contribution in [1.82, 2.24) is 0 Å². The van der Waals surface area contributed by atoms with Crippen molar-refractivity contribution in [2.75, 3.05) is 6.16 Å². The molecule has 0 saturated heterocycles. The fourth-order valence-corrected chi connectivity index (χ4v) is 1.58. The van der Waals surface area contributed by atoms with E-state index >= 15 is 0 Å². The Morgan fingerprint density at radius 3 is 2.60 bits per heavy atom. The van der Waals surface area contributed by atoms with E-state index in [0.717, 1.165) is 0 Å². The molecule has 0 aromatic heterocycles. The normalized spacial score (nSPS) is 12.2. The maximum atomic E-state index is 2.25. The monoisotopic (exact) mass is 157 g/mol. The molecule has 0 bridgehead atoms. The Morgan fingerprint density at radius 1 is 1.20 bits per heavy atom. The average molecular weight is 157 g/mol. The Bertz CT molecular complexity index is 76.8. The van der Waals surface area contributed by atoms with Gasteiger partial charge in [0.25, 0.3) is 0 Å². The van der Waals surface area contributed by atoms with E-state index in [1.54, 1.807) is 0 Å². The fourth-order valence-electron chi connectivity index (χ4n) is 0.810. The summed E-state index contributed by atoms with van der Waals surface area (Å²) in [6.07, 6.45) is 9.05. The molecule has 0 aliphatic carbocycles. The molecule has 0 aromatic rings. The highest BCUT2D eigenvalue weighted by molar-refractivity contribution is 7.41. The fraction of sp³-hybridized carbons (Fsp3) is 0.778. The molecule has 0 saturated carbocycles. The van der Waals surface area contributed by atoms with Crippen LogP contribution < -0.4 is 0 Å². The quantitative estimate of drug-likeness (QED) is 0.403. The number of unbranched alkanes of at least 4 members (excludes halogenated alkanes) is 3. The van der Waals surface area contributed by atoms with Crippen LogP contribution in [0.15, 0.2) is 11.9 Å². The van der Waals surface area contributed by atoms with E-state index in [9.17, 15) is 0 Å². The summed E-state index contributed by atoms with van der Waals surface area (Å²) in [7, 11) is 1.49. The highest BCUT2D eigenvalue weighted by Gasteiger charge is 1.85. The summed E-state index contributed by atoms with van der Waals surface area (Å²) in [6.45, 7) is 4.34. The van der Waals surface area contributed by atoms with Gasteiger partial charge in [-0.1, -0.05) is 46.7 Å². The van der Waals surface area contributed by atoms with Crippen molar-refractivity contribution in [3.8, 4) is 0 Å². The molecule has 59 valence electrons. The molecule has 1 heteroatoms. The van der Waals surface area contributed by atoms with Gasteiger partial charge in [0, 0.05) is 0 Å². The first-order valence-corrected chi connectivity index (χ1v) is 5.34. The molecule has 0 amide bonds. The van der Waals surface area contributed by atoms with Gasteiger partial charge in [-0.25, -0.2) is 0 Å². The SMILES string of the molecule is CC=C[P]CCCCCC. The molecule has 0 aliphatic heterocycles. The van der Waals surface area contributed by atoms with Crippen LogP contribution in [0, 0.1) is 0 Å². The molecule has 0 aromatic carbocycles. The predicted octanol–water partition coefficient (Wildman–Crippen LogP) is 4.05. The molecule has 0 rings (SSSR count). The Labute approximate surface area is 66.9 Å². The van der Waals surface area contributed by atoms with Crippen LogP contribution in [0.4, 0.5) is 0 Å². The van der Waals surface area contributed by atoms with Crippen LogP contribution in [-0.2, 0) is 0 Å². The first-order chi connectivity index (χ1) is 4.91. The minimum Gasteiger partial charge on any atom is -0.0868 e. The minimum absolute atomic E-state index is 1.35. The van der Waals surface area contributed by atoms with Crippen LogP contribution in [0.2, 0.25) is 0 Å². The molecule has 0 nitrogen and oxygen atoms in total. The van der Waals surface area contributed by atoms with Crippen molar-refractivity contribution in [3.63, 3.8) is 0 Å². The van der Waals surface area contributed by atoms with Gasteiger partial charge < -0.3 is 0 Å². The number of rotatable bonds is 6. The molecule has 0 heterocycles. The molecular weight excluding hydrogens is 139 g/mol. The Morgan fingerprint density at radius 2 is 2.00 bits per heavy atom. The van der Waals surface area contributed by atoms with E-state index < -0.39 is 0 Å². The Hall–Kier alpha value is 0.170. The van der Waals surface area contributed by atoms with Crippen LogP contribution in [0.5, 0.6) is 0 Å². The van der Waals surface area contributed by atoms with E-state index in [2.05, 4.69) is 25.7 Å². The van der Waals surface area contributed by atoms with Crippen molar-refractivity contribution < 1.29 is 0 Å². The zero-order chi connectivity index (χ0) is 7.66. The van der Waals surface area contributed by atoms with Crippen molar-refractivity contribution in [2.24, 2.45) is 0 Å². The van der Waals surface area contributed by atoms with Gasteiger partial charge in [0.1, 0.15) is 0 Å². The van der Waals surface area contributed by atoms with Gasteiger partial charge in [0.2, 0.25) is 0 Å². The van der Waals surface area contributed by atoms with E-state index in [4.69, 9.17) is 0 Å². The third-order valence-electron chi connectivity index (χ3n) is 1.40. The minimum atomic E-state index is 1.35. The lowest BCUT2D eigenvalue weighted by Crippen LogP contribution is -1.76. The van der Waals surface area contributed by atoms with Crippen molar-refractivity contribution >= 4 is 8.58 Å². The molecule has 1 radical (unpaired) electrons. The summed E-state index contributed by atoms with van der Waals surface area (Å²) < 4.78 is 0. The second-order valence-electron chi connectivity index (χ2n) is 2.45. The maximum absolute atomic E-state index is 2.25. The molecule has 0 aliphatic rings. The largest absolute Gasteiger partial charge is 0.0868 e. The topological polar surface area (TPSA) is 0 Å². The first-order valence-electron chi connectivity index (χ1n) is 4.19. The summed E-state index contributed by atoms with van der Waals surface area (Å²) in [5, 5.41) is 0. The maximum Gasteiger partial charge on any atom is -0.0250 e. The summed E-state index contributed by atoms with van der Waals surface area (Å²) in [4.78, 5) is 0. The smallest absolute Gasteiger partial charge is 0.0250 e. The van der Waals surface area contributed by atoms with Crippen LogP contribution in [0.1, 0.15) is 39.5 Å². The van der Waals surface area contributed by atoms with Gasteiger partial charge in [0.05, 0.1) is 0 Å². The molecule has 0 atom stereocenters. The van der Waals surface area contributed by atoms with E-state index in [1.807, 2.05) is 0 Å².